The highest BCUT2D eigenvalue weighted by atomic mass is 35.5. The molecule has 1 nitrogen and oxygen atoms in total. The molecule has 0 unspecified atom stereocenters. The number of benzene rings is 1. The Morgan fingerprint density at radius 1 is 1.20 bits per heavy atom. The van der Waals surface area contributed by atoms with Crippen LogP contribution in [0.3, 0.4) is 0 Å². The van der Waals surface area contributed by atoms with Crippen molar-refractivity contribution in [1.29, 1.82) is 0 Å². The van der Waals surface area contributed by atoms with Gasteiger partial charge in [0.2, 0.25) is 0 Å². The molecular formula is C13H17ClO. The maximum Gasteiger partial charge on any atom is 0.117 e. The van der Waals surface area contributed by atoms with E-state index in [1.807, 2.05) is 6.07 Å². The van der Waals surface area contributed by atoms with E-state index in [9.17, 15) is 5.11 Å². The molecular weight excluding hydrogens is 208 g/mol. The minimum atomic E-state index is 0.257. The van der Waals surface area contributed by atoms with E-state index < -0.39 is 0 Å². The molecule has 0 aliphatic heterocycles. The Morgan fingerprint density at radius 3 is 2.47 bits per heavy atom. The van der Waals surface area contributed by atoms with Crippen LogP contribution in [0, 0.1) is 5.92 Å². The van der Waals surface area contributed by atoms with Crippen molar-refractivity contribution in [2.45, 2.75) is 38.5 Å². The van der Waals surface area contributed by atoms with Gasteiger partial charge in [-0.25, -0.2) is 0 Å². The Kier molecular flexibility index (Phi) is 3.20. The van der Waals surface area contributed by atoms with Gasteiger partial charge in [-0.15, -0.1) is 0 Å². The summed E-state index contributed by atoms with van der Waals surface area (Å²) in [6, 6.07) is 5.35. The smallest absolute Gasteiger partial charge is 0.117 e. The summed E-state index contributed by atoms with van der Waals surface area (Å²) in [6.07, 6.45) is 5.04. The third kappa shape index (κ3) is 2.46. The van der Waals surface area contributed by atoms with Gasteiger partial charge >= 0.3 is 0 Å². The molecule has 1 fully saturated rings. The van der Waals surface area contributed by atoms with E-state index in [1.54, 1.807) is 12.1 Å². The first-order valence-corrected chi connectivity index (χ1v) is 6.03. The zero-order chi connectivity index (χ0) is 10.8. The number of aromatic hydroxyl groups is 1. The van der Waals surface area contributed by atoms with Crippen molar-refractivity contribution in [2.75, 3.05) is 0 Å². The predicted molar refractivity (Wildman–Crippen MR) is 63.5 cm³/mol. The summed E-state index contributed by atoms with van der Waals surface area (Å²) in [5.41, 5.74) is 1.21. The van der Waals surface area contributed by atoms with E-state index in [-0.39, 0.29) is 5.75 Å². The molecule has 15 heavy (non-hydrogen) atoms. The second-order valence-electron chi connectivity index (χ2n) is 4.66. The normalized spacial score (nSPS) is 26.5. The largest absolute Gasteiger partial charge is 0.508 e. The second-order valence-corrected chi connectivity index (χ2v) is 5.07. The van der Waals surface area contributed by atoms with Gasteiger partial charge in [-0.2, -0.15) is 0 Å². The summed E-state index contributed by atoms with van der Waals surface area (Å²) in [4.78, 5) is 0. The van der Waals surface area contributed by atoms with Crippen LogP contribution in [0.15, 0.2) is 18.2 Å². The molecule has 0 radical (unpaired) electrons. The first-order valence-electron chi connectivity index (χ1n) is 5.65. The minimum absolute atomic E-state index is 0.257. The van der Waals surface area contributed by atoms with Crippen LogP contribution in [0.25, 0.3) is 0 Å². The Bertz CT molecular complexity index is 340. The predicted octanol–water partition coefficient (Wildman–Crippen LogP) is 4.34. The molecule has 0 bridgehead atoms. The third-order valence-corrected chi connectivity index (χ3v) is 3.77. The fourth-order valence-electron chi connectivity index (χ4n) is 2.42. The highest BCUT2D eigenvalue weighted by molar-refractivity contribution is 6.31. The number of halogens is 1. The maximum atomic E-state index is 9.29. The van der Waals surface area contributed by atoms with E-state index in [0.29, 0.717) is 5.92 Å². The van der Waals surface area contributed by atoms with Crippen molar-refractivity contribution in [3.63, 3.8) is 0 Å². The summed E-state index contributed by atoms with van der Waals surface area (Å²) < 4.78 is 0. The van der Waals surface area contributed by atoms with Crippen LogP contribution in [0.5, 0.6) is 5.75 Å². The summed E-state index contributed by atoms with van der Waals surface area (Å²) in [6.45, 7) is 2.31. The first-order chi connectivity index (χ1) is 7.16. The van der Waals surface area contributed by atoms with E-state index in [4.69, 9.17) is 11.6 Å². The highest BCUT2D eigenvalue weighted by Gasteiger charge is 2.21. The molecule has 0 spiro atoms. The van der Waals surface area contributed by atoms with Gasteiger partial charge in [0.25, 0.3) is 0 Å². The maximum absolute atomic E-state index is 9.29. The average molecular weight is 225 g/mol. The molecule has 0 atom stereocenters. The number of rotatable bonds is 1. The molecule has 2 rings (SSSR count). The quantitative estimate of drug-likeness (QED) is 0.753. The highest BCUT2D eigenvalue weighted by Crippen LogP contribution is 2.39. The van der Waals surface area contributed by atoms with Gasteiger partial charge in [0.05, 0.1) is 0 Å². The average Bonchev–Trinajstić information content (AvgIpc) is 2.20. The van der Waals surface area contributed by atoms with Crippen molar-refractivity contribution in [2.24, 2.45) is 5.92 Å². The lowest BCUT2D eigenvalue weighted by atomic mass is 9.79. The SMILES string of the molecule is CC1CCC(c2ccc(O)cc2Cl)CC1. The Balaban J connectivity index is 2.15. The first kappa shape index (κ1) is 10.8. The molecule has 0 aromatic heterocycles. The van der Waals surface area contributed by atoms with Crippen molar-refractivity contribution in [1.82, 2.24) is 0 Å². The standard InChI is InChI=1S/C13H17ClO/c1-9-2-4-10(5-3-9)12-7-6-11(15)8-13(12)14/h6-10,15H,2-5H2,1H3. The molecule has 0 saturated heterocycles. The van der Waals surface area contributed by atoms with Crippen LogP contribution in [-0.2, 0) is 0 Å². The van der Waals surface area contributed by atoms with Crippen LogP contribution >= 0.6 is 11.6 Å². The van der Waals surface area contributed by atoms with Gasteiger partial charge in [-0.1, -0.05) is 37.4 Å². The fourth-order valence-corrected chi connectivity index (χ4v) is 2.75. The van der Waals surface area contributed by atoms with Crippen molar-refractivity contribution in [3.8, 4) is 5.75 Å². The van der Waals surface area contributed by atoms with Crippen molar-refractivity contribution in [3.05, 3.63) is 28.8 Å². The molecule has 0 amide bonds. The Labute approximate surface area is 96.1 Å². The topological polar surface area (TPSA) is 20.2 Å². The fraction of sp³-hybridized carbons (Fsp3) is 0.538. The van der Waals surface area contributed by atoms with Crippen molar-refractivity contribution >= 4 is 11.6 Å². The van der Waals surface area contributed by atoms with E-state index in [0.717, 1.165) is 10.9 Å². The zero-order valence-corrected chi connectivity index (χ0v) is 9.80. The van der Waals surface area contributed by atoms with Gasteiger partial charge in [-0.05, 0) is 42.4 Å². The lowest BCUT2D eigenvalue weighted by molar-refractivity contribution is 0.348. The molecule has 1 aliphatic carbocycles. The molecule has 82 valence electrons. The number of hydrogen-bond donors (Lipinski definition) is 1. The van der Waals surface area contributed by atoms with Gasteiger partial charge in [0.15, 0.2) is 0 Å². The Morgan fingerprint density at radius 2 is 1.87 bits per heavy atom. The molecule has 1 N–H and O–H groups in total. The molecule has 1 saturated carbocycles. The van der Waals surface area contributed by atoms with Gasteiger partial charge < -0.3 is 5.11 Å². The van der Waals surface area contributed by atoms with E-state index in [2.05, 4.69) is 6.92 Å². The minimum Gasteiger partial charge on any atom is -0.508 e. The van der Waals surface area contributed by atoms with E-state index in [1.165, 1.54) is 31.2 Å². The molecule has 1 aromatic carbocycles. The van der Waals surface area contributed by atoms with Crippen molar-refractivity contribution < 1.29 is 5.11 Å². The van der Waals surface area contributed by atoms with Crippen LogP contribution < -0.4 is 0 Å². The molecule has 0 heterocycles. The van der Waals surface area contributed by atoms with Gasteiger partial charge in [0.1, 0.15) is 5.75 Å². The molecule has 1 aromatic rings. The van der Waals surface area contributed by atoms with Crippen LogP contribution in [-0.4, -0.2) is 5.11 Å². The van der Waals surface area contributed by atoms with E-state index >= 15 is 0 Å². The van der Waals surface area contributed by atoms with Gasteiger partial charge in [0, 0.05) is 5.02 Å². The molecule has 1 aliphatic rings. The van der Waals surface area contributed by atoms with Crippen LogP contribution in [0.4, 0.5) is 0 Å². The summed E-state index contributed by atoms with van der Waals surface area (Å²) in [5, 5.41) is 10.0. The number of hydrogen-bond acceptors (Lipinski definition) is 1. The van der Waals surface area contributed by atoms with Crippen LogP contribution in [0.2, 0.25) is 5.02 Å². The lowest BCUT2D eigenvalue weighted by Crippen LogP contribution is -2.11. The third-order valence-electron chi connectivity index (χ3n) is 3.44. The summed E-state index contributed by atoms with van der Waals surface area (Å²) in [7, 11) is 0. The second kappa shape index (κ2) is 4.44. The molecule has 2 heteroatoms. The lowest BCUT2D eigenvalue weighted by Gasteiger charge is -2.27. The number of phenols is 1. The van der Waals surface area contributed by atoms with Gasteiger partial charge in [-0.3, -0.25) is 0 Å². The monoisotopic (exact) mass is 224 g/mol. The van der Waals surface area contributed by atoms with Crippen LogP contribution in [0.1, 0.15) is 44.1 Å². The summed E-state index contributed by atoms with van der Waals surface area (Å²) >= 11 is 6.14. The zero-order valence-electron chi connectivity index (χ0n) is 9.04. The Hall–Kier alpha value is -0.690. The number of phenolic OH excluding ortho intramolecular Hbond substituents is 1. The summed E-state index contributed by atoms with van der Waals surface area (Å²) in [5.74, 6) is 1.71.